The lowest BCUT2D eigenvalue weighted by atomic mass is 9.99. The maximum Gasteiger partial charge on any atom is 0.134 e. The summed E-state index contributed by atoms with van der Waals surface area (Å²) < 4.78 is 28.0. The number of halogens is 3. The van der Waals surface area contributed by atoms with Gasteiger partial charge in [0, 0.05) is 11.8 Å². The molecular formula is C14H13ClF2N2. The molecule has 0 aliphatic carbocycles. The standard InChI is InChI=1S/C14H13ClF2N2/c1-8-3-5-10(16)12(13(8)17)14(18-2)11-6-4-9(15)7-19-11/h3-7,14,18H,1-2H3. The van der Waals surface area contributed by atoms with Crippen LogP contribution in [0.3, 0.4) is 0 Å². The van der Waals surface area contributed by atoms with Crippen LogP contribution in [0, 0.1) is 18.6 Å². The van der Waals surface area contributed by atoms with Crippen molar-refractivity contribution in [3.8, 4) is 0 Å². The summed E-state index contributed by atoms with van der Waals surface area (Å²) in [6.45, 7) is 1.60. The molecule has 0 saturated carbocycles. The first-order chi connectivity index (χ1) is 9.04. The predicted molar refractivity (Wildman–Crippen MR) is 71.2 cm³/mol. The number of nitrogens with zero attached hydrogens (tertiary/aromatic N) is 1. The summed E-state index contributed by atoms with van der Waals surface area (Å²) in [6.07, 6.45) is 1.45. The van der Waals surface area contributed by atoms with Crippen LogP contribution >= 0.6 is 11.6 Å². The highest BCUT2D eigenvalue weighted by Gasteiger charge is 2.22. The van der Waals surface area contributed by atoms with E-state index in [-0.39, 0.29) is 5.56 Å². The van der Waals surface area contributed by atoms with Crippen LogP contribution in [0.2, 0.25) is 5.02 Å². The minimum atomic E-state index is -0.655. The highest BCUT2D eigenvalue weighted by Crippen LogP contribution is 2.27. The van der Waals surface area contributed by atoms with Crippen LogP contribution in [0.4, 0.5) is 8.78 Å². The highest BCUT2D eigenvalue weighted by molar-refractivity contribution is 6.30. The van der Waals surface area contributed by atoms with E-state index in [9.17, 15) is 8.78 Å². The zero-order valence-electron chi connectivity index (χ0n) is 10.5. The molecule has 1 atom stereocenters. The maximum atomic E-state index is 14.1. The molecular weight excluding hydrogens is 270 g/mol. The van der Waals surface area contributed by atoms with Crippen molar-refractivity contribution in [2.45, 2.75) is 13.0 Å². The molecule has 1 aromatic heterocycles. The smallest absolute Gasteiger partial charge is 0.134 e. The minimum Gasteiger partial charge on any atom is -0.308 e. The molecule has 0 radical (unpaired) electrons. The van der Waals surface area contributed by atoms with Crippen molar-refractivity contribution in [3.05, 3.63) is 63.9 Å². The van der Waals surface area contributed by atoms with Crippen LogP contribution in [-0.4, -0.2) is 12.0 Å². The van der Waals surface area contributed by atoms with E-state index in [4.69, 9.17) is 11.6 Å². The molecule has 2 rings (SSSR count). The second kappa shape index (κ2) is 5.63. The van der Waals surface area contributed by atoms with Gasteiger partial charge in [-0.15, -0.1) is 0 Å². The summed E-state index contributed by atoms with van der Waals surface area (Å²) in [6, 6.07) is 5.30. The quantitative estimate of drug-likeness (QED) is 0.930. The fourth-order valence-corrected chi connectivity index (χ4v) is 2.05. The van der Waals surface area contributed by atoms with Crippen LogP contribution in [0.15, 0.2) is 30.5 Å². The molecule has 2 nitrogen and oxygen atoms in total. The Morgan fingerprint density at radius 3 is 2.53 bits per heavy atom. The number of pyridine rings is 1. The Labute approximate surface area is 115 Å². The zero-order chi connectivity index (χ0) is 14.0. The van der Waals surface area contributed by atoms with Crippen molar-refractivity contribution in [1.29, 1.82) is 0 Å². The molecule has 0 aliphatic heterocycles. The van der Waals surface area contributed by atoms with Gasteiger partial charge in [-0.1, -0.05) is 17.7 Å². The largest absolute Gasteiger partial charge is 0.308 e. The summed E-state index contributed by atoms with van der Waals surface area (Å²) >= 11 is 5.76. The molecule has 0 saturated heterocycles. The highest BCUT2D eigenvalue weighted by atomic mass is 35.5. The molecule has 0 spiro atoms. The number of aromatic nitrogens is 1. The molecule has 1 heterocycles. The molecule has 2 aromatic rings. The molecule has 0 bridgehead atoms. The van der Waals surface area contributed by atoms with E-state index in [0.29, 0.717) is 16.3 Å². The summed E-state index contributed by atoms with van der Waals surface area (Å²) in [4.78, 5) is 4.11. The lowest BCUT2D eigenvalue weighted by molar-refractivity contribution is 0.513. The van der Waals surface area contributed by atoms with E-state index in [0.717, 1.165) is 0 Å². The van der Waals surface area contributed by atoms with Crippen molar-refractivity contribution in [2.75, 3.05) is 7.05 Å². The minimum absolute atomic E-state index is 0.0303. The van der Waals surface area contributed by atoms with Gasteiger partial charge in [-0.2, -0.15) is 0 Å². The molecule has 5 heteroatoms. The van der Waals surface area contributed by atoms with Gasteiger partial charge in [0.15, 0.2) is 0 Å². The Morgan fingerprint density at radius 2 is 1.95 bits per heavy atom. The number of rotatable bonds is 3. The summed E-state index contributed by atoms with van der Waals surface area (Å²) in [7, 11) is 1.63. The molecule has 1 aromatic carbocycles. The Balaban J connectivity index is 2.54. The molecule has 0 amide bonds. The fourth-order valence-electron chi connectivity index (χ4n) is 1.94. The van der Waals surface area contributed by atoms with Gasteiger partial charge >= 0.3 is 0 Å². The van der Waals surface area contributed by atoms with Gasteiger partial charge in [0.2, 0.25) is 0 Å². The summed E-state index contributed by atoms with van der Waals surface area (Å²) in [5.74, 6) is -1.16. The first kappa shape index (κ1) is 13.9. The third kappa shape index (κ3) is 2.74. The Kier molecular flexibility index (Phi) is 4.12. The van der Waals surface area contributed by atoms with Crippen molar-refractivity contribution >= 4 is 11.6 Å². The van der Waals surface area contributed by atoms with E-state index in [1.54, 1.807) is 26.1 Å². The molecule has 1 N–H and O–H groups in total. The van der Waals surface area contributed by atoms with Gasteiger partial charge in [0.05, 0.1) is 16.8 Å². The van der Waals surface area contributed by atoms with Crippen molar-refractivity contribution in [3.63, 3.8) is 0 Å². The van der Waals surface area contributed by atoms with Gasteiger partial charge in [0.1, 0.15) is 11.6 Å². The molecule has 0 aliphatic rings. The number of hydrogen-bond donors (Lipinski definition) is 1. The van der Waals surface area contributed by atoms with Gasteiger partial charge in [-0.3, -0.25) is 4.98 Å². The lowest BCUT2D eigenvalue weighted by Crippen LogP contribution is -2.22. The Hall–Kier alpha value is -1.52. The second-order valence-corrected chi connectivity index (χ2v) is 4.65. The average Bonchev–Trinajstić information content (AvgIpc) is 2.40. The van der Waals surface area contributed by atoms with Crippen LogP contribution in [0.25, 0.3) is 0 Å². The zero-order valence-corrected chi connectivity index (χ0v) is 11.3. The van der Waals surface area contributed by atoms with Gasteiger partial charge in [-0.05, 0) is 37.7 Å². The molecule has 1 unspecified atom stereocenters. The number of benzene rings is 1. The number of nitrogens with one attached hydrogen (secondary N) is 1. The van der Waals surface area contributed by atoms with Crippen LogP contribution in [-0.2, 0) is 0 Å². The molecule has 100 valence electrons. The summed E-state index contributed by atoms with van der Waals surface area (Å²) in [5.41, 5.74) is 0.873. The topological polar surface area (TPSA) is 24.9 Å². The maximum absolute atomic E-state index is 14.1. The fraction of sp³-hybridized carbons (Fsp3) is 0.214. The summed E-state index contributed by atoms with van der Waals surface area (Å²) in [5, 5.41) is 3.35. The third-order valence-corrected chi connectivity index (χ3v) is 3.17. The Bertz CT molecular complexity index is 585. The first-order valence-electron chi connectivity index (χ1n) is 5.77. The number of aryl methyl sites for hydroxylation is 1. The monoisotopic (exact) mass is 282 g/mol. The van der Waals surface area contributed by atoms with Gasteiger partial charge in [0.25, 0.3) is 0 Å². The lowest BCUT2D eigenvalue weighted by Gasteiger charge is -2.18. The SMILES string of the molecule is CNC(c1ccc(Cl)cn1)c1c(F)ccc(C)c1F. The van der Waals surface area contributed by atoms with Gasteiger partial charge < -0.3 is 5.32 Å². The third-order valence-electron chi connectivity index (χ3n) is 2.94. The van der Waals surface area contributed by atoms with E-state index >= 15 is 0 Å². The normalized spacial score (nSPS) is 12.5. The van der Waals surface area contributed by atoms with Crippen LogP contribution < -0.4 is 5.32 Å². The van der Waals surface area contributed by atoms with Gasteiger partial charge in [-0.25, -0.2) is 8.78 Å². The number of hydrogen-bond acceptors (Lipinski definition) is 2. The molecule has 0 fully saturated rings. The molecule has 19 heavy (non-hydrogen) atoms. The first-order valence-corrected chi connectivity index (χ1v) is 6.15. The van der Waals surface area contributed by atoms with Crippen molar-refractivity contribution in [1.82, 2.24) is 10.3 Å². The average molecular weight is 283 g/mol. The van der Waals surface area contributed by atoms with Crippen LogP contribution in [0.1, 0.15) is 22.9 Å². The Morgan fingerprint density at radius 1 is 1.21 bits per heavy atom. The van der Waals surface area contributed by atoms with Crippen molar-refractivity contribution in [2.24, 2.45) is 0 Å². The van der Waals surface area contributed by atoms with E-state index in [1.165, 1.54) is 18.3 Å². The van der Waals surface area contributed by atoms with E-state index in [1.807, 2.05) is 0 Å². The van der Waals surface area contributed by atoms with E-state index < -0.39 is 17.7 Å². The van der Waals surface area contributed by atoms with E-state index in [2.05, 4.69) is 10.3 Å². The second-order valence-electron chi connectivity index (χ2n) is 4.21. The van der Waals surface area contributed by atoms with Crippen molar-refractivity contribution < 1.29 is 8.78 Å². The van der Waals surface area contributed by atoms with Crippen LogP contribution in [0.5, 0.6) is 0 Å². The predicted octanol–water partition coefficient (Wildman–Crippen LogP) is 3.63.